The van der Waals surface area contributed by atoms with Crippen LogP contribution in [0.25, 0.3) is 0 Å². The molecule has 1 aromatic heterocycles. The lowest BCUT2D eigenvalue weighted by atomic mass is 9.68. The van der Waals surface area contributed by atoms with Gasteiger partial charge in [-0.15, -0.1) is 0 Å². The summed E-state index contributed by atoms with van der Waals surface area (Å²) in [6.07, 6.45) is 8.03. The Morgan fingerprint density at radius 2 is 2.14 bits per heavy atom. The second-order valence-corrected chi connectivity index (χ2v) is 7.07. The van der Waals surface area contributed by atoms with Crippen LogP contribution in [0.2, 0.25) is 0 Å². The Morgan fingerprint density at radius 3 is 2.81 bits per heavy atom. The van der Waals surface area contributed by atoms with Gasteiger partial charge in [0.05, 0.1) is 0 Å². The van der Waals surface area contributed by atoms with Crippen molar-refractivity contribution < 1.29 is 4.79 Å². The van der Waals surface area contributed by atoms with Crippen LogP contribution in [0.1, 0.15) is 58.6 Å². The van der Waals surface area contributed by atoms with E-state index in [2.05, 4.69) is 25.8 Å². The molecule has 0 aromatic carbocycles. The van der Waals surface area contributed by atoms with E-state index in [1.807, 2.05) is 24.4 Å². The van der Waals surface area contributed by atoms with Gasteiger partial charge in [0, 0.05) is 24.2 Å². The first-order valence-corrected chi connectivity index (χ1v) is 8.50. The molecule has 0 radical (unpaired) electrons. The van der Waals surface area contributed by atoms with Crippen LogP contribution >= 0.6 is 0 Å². The Bertz CT molecular complexity index is 440. The molecule has 2 heteroatoms. The van der Waals surface area contributed by atoms with Crippen LogP contribution in [-0.2, 0) is 11.2 Å². The van der Waals surface area contributed by atoms with E-state index in [-0.39, 0.29) is 0 Å². The van der Waals surface area contributed by atoms with Gasteiger partial charge in [-0.3, -0.25) is 9.78 Å². The molecule has 3 atom stereocenters. The molecule has 0 bridgehead atoms. The topological polar surface area (TPSA) is 30.0 Å². The number of aromatic nitrogens is 1. The highest BCUT2D eigenvalue weighted by atomic mass is 16.1. The van der Waals surface area contributed by atoms with Crippen LogP contribution in [0.15, 0.2) is 24.4 Å². The van der Waals surface area contributed by atoms with Crippen LogP contribution < -0.4 is 0 Å². The smallest absolute Gasteiger partial charge is 0.136 e. The molecule has 1 saturated carbocycles. The van der Waals surface area contributed by atoms with Gasteiger partial charge in [-0.05, 0) is 55.6 Å². The normalized spacial score (nSPS) is 26.0. The van der Waals surface area contributed by atoms with Crippen molar-refractivity contribution in [1.82, 2.24) is 4.98 Å². The van der Waals surface area contributed by atoms with E-state index in [0.29, 0.717) is 29.5 Å². The second-order valence-electron chi connectivity index (χ2n) is 7.07. The Morgan fingerprint density at radius 1 is 1.33 bits per heavy atom. The fraction of sp³-hybridized carbons (Fsp3) is 0.684. The lowest BCUT2D eigenvalue weighted by Gasteiger charge is -2.36. The highest BCUT2D eigenvalue weighted by Gasteiger charge is 2.34. The zero-order chi connectivity index (χ0) is 15.2. The number of rotatable bonds is 6. The molecule has 1 unspecified atom stereocenters. The van der Waals surface area contributed by atoms with Crippen LogP contribution in [0.5, 0.6) is 0 Å². The highest BCUT2D eigenvalue weighted by Crippen LogP contribution is 2.39. The second kappa shape index (κ2) is 7.72. The minimum absolute atomic E-state index is 0.303. The summed E-state index contributed by atoms with van der Waals surface area (Å²) in [4.78, 5) is 17.0. The number of carbonyl (C=O) groups excluding carboxylic acids is 1. The molecule has 1 aliphatic carbocycles. The molecular formula is C19H29NO. The van der Waals surface area contributed by atoms with Crippen molar-refractivity contribution in [2.45, 2.75) is 59.3 Å². The van der Waals surface area contributed by atoms with Gasteiger partial charge < -0.3 is 0 Å². The molecule has 1 heterocycles. The van der Waals surface area contributed by atoms with Crippen molar-refractivity contribution in [1.29, 1.82) is 0 Å². The molecule has 0 aliphatic heterocycles. The lowest BCUT2D eigenvalue weighted by molar-refractivity contribution is -0.127. The Balaban J connectivity index is 1.85. The summed E-state index contributed by atoms with van der Waals surface area (Å²) in [7, 11) is 0. The van der Waals surface area contributed by atoms with Crippen LogP contribution in [0.3, 0.4) is 0 Å². The molecule has 2 rings (SSSR count). The molecule has 0 N–H and O–H groups in total. The Kier molecular flexibility index (Phi) is 5.96. The number of pyridine rings is 1. The van der Waals surface area contributed by atoms with Gasteiger partial charge in [-0.1, -0.05) is 33.3 Å². The van der Waals surface area contributed by atoms with E-state index in [1.54, 1.807) is 0 Å². The predicted octanol–water partition coefficient (Wildman–Crippen LogP) is 4.68. The zero-order valence-electron chi connectivity index (χ0n) is 13.7. The summed E-state index contributed by atoms with van der Waals surface area (Å²) in [6, 6.07) is 6.00. The van der Waals surface area contributed by atoms with E-state index >= 15 is 0 Å². The highest BCUT2D eigenvalue weighted by molar-refractivity contribution is 5.81. The van der Waals surface area contributed by atoms with Gasteiger partial charge in [0.15, 0.2) is 0 Å². The number of nitrogens with zero attached hydrogens (tertiary/aromatic N) is 1. The Labute approximate surface area is 129 Å². The summed E-state index contributed by atoms with van der Waals surface area (Å²) >= 11 is 0. The fourth-order valence-electron chi connectivity index (χ4n) is 3.75. The number of aryl methyl sites for hydroxylation is 1. The summed E-state index contributed by atoms with van der Waals surface area (Å²) < 4.78 is 0. The third-order valence-electron chi connectivity index (χ3n) is 5.02. The molecule has 1 aliphatic rings. The average Bonchev–Trinajstić information content (AvgIpc) is 2.47. The maximum Gasteiger partial charge on any atom is 0.136 e. The number of ketones is 1. The molecule has 21 heavy (non-hydrogen) atoms. The molecule has 0 amide bonds. The molecule has 1 fully saturated rings. The lowest BCUT2D eigenvalue weighted by Crippen LogP contribution is -2.33. The first-order valence-electron chi connectivity index (χ1n) is 8.50. The van der Waals surface area contributed by atoms with Crippen molar-refractivity contribution in [3.63, 3.8) is 0 Å². The van der Waals surface area contributed by atoms with Crippen molar-refractivity contribution in [3.8, 4) is 0 Å². The summed E-state index contributed by atoms with van der Waals surface area (Å²) in [5, 5.41) is 0. The van der Waals surface area contributed by atoms with E-state index < -0.39 is 0 Å². The monoisotopic (exact) mass is 287 g/mol. The quantitative estimate of drug-likeness (QED) is 0.760. The van der Waals surface area contributed by atoms with Gasteiger partial charge in [0.1, 0.15) is 5.78 Å². The zero-order valence-corrected chi connectivity index (χ0v) is 13.7. The van der Waals surface area contributed by atoms with E-state index in [0.717, 1.165) is 31.4 Å². The summed E-state index contributed by atoms with van der Waals surface area (Å²) in [5.41, 5.74) is 1.10. The third-order valence-corrected chi connectivity index (χ3v) is 5.02. The van der Waals surface area contributed by atoms with Crippen LogP contribution in [-0.4, -0.2) is 10.8 Å². The van der Waals surface area contributed by atoms with E-state index in [1.165, 1.54) is 12.8 Å². The summed E-state index contributed by atoms with van der Waals surface area (Å²) in [5.74, 6) is 2.74. The van der Waals surface area contributed by atoms with Crippen molar-refractivity contribution in [2.75, 3.05) is 0 Å². The maximum absolute atomic E-state index is 12.6. The van der Waals surface area contributed by atoms with Crippen molar-refractivity contribution >= 4 is 5.78 Å². The van der Waals surface area contributed by atoms with Crippen LogP contribution in [0.4, 0.5) is 0 Å². The number of hydrogen-bond donors (Lipinski definition) is 0. The molecule has 2 nitrogen and oxygen atoms in total. The summed E-state index contributed by atoms with van der Waals surface area (Å²) in [6.45, 7) is 6.84. The van der Waals surface area contributed by atoms with Gasteiger partial charge in [-0.2, -0.15) is 0 Å². The van der Waals surface area contributed by atoms with Gasteiger partial charge in [-0.25, -0.2) is 0 Å². The van der Waals surface area contributed by atoms with E-state index in [4.69, 9.17) is 0 Å². The van der Waals surface area contributed by atoms with Gasteiger partial charge >= 0.3 is 0 Å². The molecule has 0 saturated heterocycles. The number of Topliss-reactive ketones (excluding diaryl/α,β-unsaturated/α-hetero) is 1. The van der Waals surface area contributed by atoms with E-state index in [9.17, 15) is 4.79 Å². The van der Waals surface area contributed by atoms with Crippen LogP contribution in [0, 0.1) is 23.7 Å². The first-order chi connectivity index (χ1) is 10.1. The van der Waals surface area contributed by atoms with Crippen molar-refractivity contribution in [2.24, 2.45) is 23.7 Å². The SMILES string of the molecule is CC(C)C1CC[C@@H](C)C[C@H]1C(=O)CCCc1ccccn1. The average molecular weight is 287 g/mol. The minimum atomic E-state index is 0.303. The Hall–Kier alpha value is -1.18. The molecule has 1 aromatic rings. The fourth-order valence-corrected chi connectivity index (χ4v) is 3.75. The predicted molar refractivity (Wildman–Crippen MR) is 87.0 cm³/mol. The van der Waals surface area contributed by atoms with Crippen molar-refractivity contribution in [3.05, 3.63) is 30.1 Å². The largest absolute Gasteiger partial charge is 0.299 e. The number of carbonyl (C=O) groups is 1. The molecular weight excluding hydrogens is 258 g/mol. The standard InChI is InChI=1S/C19H29NO/c1-14(2)17-11-10-15(3)13-18(17)19(21)9-6-8-16-7-4-5-12-20-16/h4-5,7,12,14-15,17-18H,6,8-11,13H2,1-3H3/t15-,17?,18-/m1/s1. The molecule has 0 spiro atoms. The minimum Gasteiger partial charge on any atom is -0.299 e. The number of hydrogen-bond acceptors (Lipinski definition) is 2. The first kappa shape index (κ1) is 16.2. The third kappa shape index (κ3) is 4.66. The van der Waals surface area contributed by atoms with Gasteiger partial charge in [0.2, 0.25) is 0 Å². The van der Waals surface area contributed by atoms with Gasteiger partial charge in [0.25, 0.3) is 0 Å². The molecule has 116 valence electrons. The maximum atomic E-state index is 12.6.